The molecular formula is C18H20O3. The minimum atomic E-state index is -0.348. The number of methoxy groups -OCH3 is 2. The van der Waals surface area contributed by atoms with Gasteiger partial charge in [0, 0.05) is 23.5 Å². The zero-order valence-corrected chi connectivity index (χ0v) is 12.4. The molecule has 0 radical (unpaired) electrons. The quantitative estimate of drug-likeness (QED) is 0.470. The van der Waals surface area contributed by atoms with E-state index in [9.17, 15) is 4.79 Å². The Morgan fingerprint density at radius 1 is 1.24 bits per heavy atom. The Balaban J connectivity index is 2.37. The maximum atomic E-state index is 11.4. The number of hydrogen-bond acceptors (Lipinski definition) is 3. The Hall–Kier alpha value is -2.29. The molecule has 1 aliphatic carbocycles. The second kappa shape index (κ2) is 7.48. The summed E-state index contributed by atoms with van der Waals surface area (Å²) >= 11 is 0. The van der Waals surface area contributed by atoms with Crippen molar-refractivity contribution in [1.29, 1.82) is 0 Å². The lowest BCUT2D eigenvalue weighted by Crippen LogP contribution is -2.10. The van der Waals surface area contributed by atoms with Gasteiger partial charge in [-0.15, -0.1) is 0 Å². The van der Waals surface area contributed by atoms with Gasteiger partial charge >= 0.3 is 5.97 Å². The molecule has 3 heteroatoms. The van der Waals surface area contributed by atoms with Crippen LogP contribution in [0.3, 0.4) is 0 Å². The third-order valence-corrected chi connectivity index (χ3v) is 3.54. The van der Waals surface area contributed by atoms with Gasteiger partial charge in [-0.25, -0.2) is 4.79 Å². The summed E-state index contributed by atoms with van der Waals surface area (Å²) in [6.07, 6.45) is 12.9. The monoisotopic (exact) mass is 284 g/mol. The third-order valence-electron chi connectivity index (χ3n) is 3.54. The standard InChI is InChI=1S/C18H20O3/c1-20-17-11-7-6-10-16(17)15(12-13-18(19)21-2)14-8-4-3-5-9-14/h4-15H,3H2,1-2H3/b13-12+. The van der Waals surface area contributed by atoms with Crippen molar-refractivity contribution in [1.82, 2.24) is 0 Å². The third kappa shape index (κ3) is 3.85. The molecule has 3 nitrogen and oxygen atoms in total. The van der Waals surface area contributed by atoms with E-state index >= 15 is 0 Å². The summed E-state index contributed by atoms with van der Waals surface area (Å²) in [6.45, 7) is 0. The molecule has 0 N–H and O–H groups in total. The van der Waals surface area contributed by atoms with Crippen molar-refractivity contribution in [3.05, 3.63) is 66.3 Å². The van der Waals surface area contributed by atoms with E-state index in [0.717, 1.165) is 17.7 Å². The highest BCUT2D eigenvalue weighted by molar-refractivity contribution is 5.82. The van der Waals surface area contributed by atoms with E-state index in [1.54, 1.807) is 7.11 Å². The Kier molecular flexibility index (Phi) is 5.38. The van der Waals surface area contributed by atoms with Crippen LogP contribution in [0.4, 0.5) is 0 Å². The second-order valence-electron chi connectivity index (χ2n) is 4.82. The van der Waals surface area contributed by atoms with Crippen molar-refractivity contribution >= 4 is 5.97 Å². The number of benzene rings is 1. The fourth-order valence-corrected chi connectivity index (χ4v) is 2.48. The molecule has 1 aromatic carbocycles. The van der Waals surface area contributed by atoms with Crippen LogP contribution in [-0.2, 0) is 9.53 Å². The molecule has 0 spiro atoms. The van der Waals surface area contributed by atoms with Crippen LogP contribution in [0.15, 0.2) is 60.7 Å². The molecule has 1 aromatic rings. The van der Waals surface area contributed by atoms with Crippen LogP contribution < -0.4 is 4.74 Å². The van der Waals surface area contributed by atoms with E-state index in [1.807, 2.05) is 30.3 Å². The molecule has 0 saturated carbocycles. The van der Waals surface area contributed by atoms with Gasteiger partial charge in [-0.3, -0.25) is 0 Å². The van der Waals surface area contributed by atoms with Gasteiger partial charge in [0.1, 0.15) is 5.75 Å². The van der Waals surface area contributed by atoms with E-state index in [1.165, 1.54) is 13.2 Å². The average Bonchev–Trinajstić information content (AvgIpc) is 2.56. The van der Waals surface area contributed by atoms with Gasteiger partial charge in [0.15, 0.2) is 0 Å². The first-order valence-corrected chi connectivity index (χ1v) is 6.98. The molecule has 0 amide bonds. The van der Waals surface area contributed by atoms with E-state index < -0.39 is 0 Å². The number of carbonyl (C=O) groups excluding carboxylic acids is 1. The maximum absolute atomic E-state index is 11.4. The van der Waals surface area contributed by atoms with Crippen molar-refractivity contribution in [3.63, 3.8) is 0 Å². The first-order chi connectivity index (χ1) is 10.3. The van der Waals surface area contributed by atoms with Crippen molar-refractivity contribution in [2.75, 3.05) is 14.2 Å². The Labute approximate surface area is 125 Å². The highest BCUT2D eigenvalue weighted by atomic mass is 16.5. The molecule has 1 unspecified atom stereocenters. The molecule has 0 bridgehead atoms. The Bertz CT molecular complexity index is 558. The molecule has 0 heterocycles. The molecular weight excluding hydrogens is 264 g/mol. The lowest BCUT2D eigenvalue weighted by Gasteiger charge is -2.23. The predicted octanol–water partition coefficient (Wildman–Crippen LogP) is 3.64. The Morgan fingerprint density at radius 2 is 1.95 bits per heavy atom. The molecule has 0 fully saturated rings. The topological polar surface area (TPSA) is 35.5 Å². The fourth-order valence-electron chi connectivity index (χ4n) is 2.48. The highest BCUT2D eigenvalue weighted by Crippen LogP contribution is 2.35. The highest BCUT2D eigenvalue weighted by Gasteiger charge is 2.21. The maximum Gasteiger partial charge on any atom is 0.330 e. The number of carbonyl (C=O) groups is 1. The summed E-state index contributed by atoms with van der Waals surface area (Å²) in [4.78, 5) is 11.4. The Morgan fingerprint density at radius 3 is 2.62 bits per heavy atom. The van der Waals surface area contributed by atoms with E-state index in [0.29, 0.717) is 0 Å². The summed E-state index contributed by atoms with van der Waals surface area (Å²) in [5, 5.41) is 0. The van der Waals surface area contributed by atoms with Gasteiger partial charge in [-0.2, -0.15) is 0 Å². The minimum absolute atomic E-state index is 0.0352. The van der Waals surface area contributed by atoms with Gasteiger partial charge in [-0.05, 0) is 12.5 Å². The second-order valence-corrected chi connectivity index (χ2v) is 4.82. The lowest BCUT2D eigenvalue weighted by molar-refractivity contribution is -0.134. The summed E-state index contributed by atoms with van der Waals surface area (Å²) in [6, 6.07) is 7.88. The van der Waals surface area contributed by atoms with Crippen LogP contribution in [0, 0.1) is 5.92 Å². The number of ether oxygens (including phenoxy) is 2. The largest absolute Gasteiger partial charge is 0.496 e. The van der Waals surface area contributed by atoms with Crippen molar-refractivity contribution < 1.29 is 14.3 Å². The first-order valence-electron chi connectivity index (χ1n) is 6.98. The van der Waals surface area contributed by atoms with Crippen molar-refractivity contribution in [2.45, 2.75) is 12.3 Å². The molecule has 0 aromatic heterocycles. The fraction of sp³-hybridized carbons (Fsp3) is 0.278. The number of hydrogen-bond donors (Lipinski definition) is 0. The summed E-state index contributed by atoms with van der Waals surface area (Å²) < 4.78 is 10.1. The number of rotatable bonds is 5. The zero-order chi connectivity index (χ0) is 15.1. The SMILES string of the molecule is COC(=O)/C=C/C(c1ccccc1OC)C1C=CCC=C1. The molecule has 110 valence electrons. The van der Waals surface area contributed by atoms with E-state index in [2.05, 4.69) is 29.0 Å². The molecule has 2 rings (SSSR count). The average molecular weight is 284 g/mol. The van der Waals surface area contributed by atoms with Crippen LogP contribution in [-0.4, -0.2) is 20.2 Å². The van der Waals surface area contributed by atoms with E-state index in [-0.39, 0.29) is 17.8 Å². The smallest absolute Gasteiger partial charge is 0.330 e. The van der Waals surface area contributed by atoms with Crippen LogP contribution in [0.5, 0.6) is 5.75 Å². The normalized spacial score (nSPS) is 16.1. The van der Waals surface area contributed by atoms with Gasteiger partial charge in [-0.1, -0.05) is 48.6 Å². The minimum Gasteiger partial charge on any atom is -0.496 e. The van der Waals surface area contributed by atoms with E-state index in [4.69, 9.17) is 4.74 Å². The summed E-state index contributed by atoms with van der Waals surface area (Å²) in [5.74, 6) is 0.715. The number of para-hydroxylation sites is 1. The van der Waals surface area contributed by atoms with Gasteiger partial charge in [0.05, 0.1) is 14.2 Å². The molecule has 1 aliphatic rings. The molecule has 1 atom stereocenters. The zero-order valence-electron chi connectivity index (χ0n) is 12.4. The van der Waals surface area contributed by atoms with Crippen LogP contribution in [0.2, 0.25) is 0 Å². The van der Waals surface area contributed by atoms with Crippen LogP contribution >= 0.6 is 0 Å². The predicted molar refractivity (Wildman–Crippen MR) is 83.3 cm³/mol. The van der Waals surface area contributed by atoms with Crippen LogP contribution in [0.1, 0.15) is 17.9 Å². The molecule has 21 heavy (non-hydrogen) atoms. The van der Waals surface area contributed by atoms with Crippen molar-refractivity contribution in [3.8, 4) is 5.75 Å². The van der Waals surface area contributed by atoms with Crippen LogP contribution in [0.25, 0.3) is 0 Å². The summed E-state index contributed by atoms with van der Waals surface area (Å²) in [7, 11) is 3.04. The number of allylic oxidation sites excluding steroid dienone is 5. The molecule has 0 aliphatic heterocycles. The van der Waals surface area contributed by atoms with Crippen molar-refractivity contribution in [2.24, 2.45) is 5.92 Å². The first kappa shape index (κ1) is 15.1. The van der Waals surface area contributed by atoms with Gasteiger partial charge in [0.25, 0.3) is 0 Å². The summed E-state index contributed by atoms with van der Waals surface area (Å²) in [5.41, 5.74) is 1.06. The van der Waals surface area contributed by atoms with Gasteiger partial charge < -0.3 is 9.47 Å². The molecule has 0 saturated heterocycles. The van der Waals surface area contributed by atoms with Gasteiger partial charge in [0.2, 0.25) is 0 Å². The lowest BCUT2D eigenvalue weighted by atomic mass is 9.83. The number of esters is 1.